The molecule has 1 aromatic carbocycles. The summed E-state index contributed by atoms with van der Waals surface area (Å²) in [5.74, 6) is 0.184. The number of likely N-dealkylation sites (N-methyl/N-ethyl adjacent to an activating group) is 1. The second-order valence-corrected chi connectivity index (χ2v) is 5.79. The van der Waals surface area contributed by atoms with E-state index in [1.54, 1.807) is 0 Å². The normalized spacial score (nSPS) is 16.3. The minimum Gasteiger partial charge on any atom is -0.340 e. The number of halogens is 1. The van der Waals surface area contributed by atoms with Crippen molar-refractivity contribution < 1.29 is 4.79 Å². The van der Waals surface area contributed by atoms with Crippen LogP contribution in [-0.4, -0.2) is 48.4 Å². The molecule has 0 saturated carbocycles. The number of amides is 1. The number of benzene rings is 1. The van der Waals surface area contributed by atoms with Crippen LogP contribution in [0.2, 0.25) is 0 Å². The lowest BCUT2D eigenvalue weighted by atomic mass is 10.1. The van der Waals surface area contributed by atoms with Gasteiger partial charge in [-0.2, -0.15) is 0 Å². The van der Waals surface area contributed by atoms with Crippen molar-refractivity contribution in [1.29, 1.82) is 0 Å². The van der Waals surface area contributed by atoms with E-state index in [1.165, 1.54) is 11.1 Å². The van der Waals surface area contributed by atoms with Gasteiger partial charge in [0.05, 0.1) is 6.54 Å². The zero-order chi connectivity index (χ0) is 14.5. The van der Waals surface area contributed by atoms with Crippen molar-refractivity contribution in [2.45, 2.75) is 32.4 Å². The molecule has 4 nitrogen and oxygen atoms in total. The Morgan fingerprint density at radius 1 is 1.33 bits per heavy atom. The zero-order valence-electron chi connectivity index (χ0n) is 12.9. The average Bonchev–Trinajstić information content (AvgIpc) is 2.44. The first kappa shape index (κ1) is 18.0. The van der Waals surface area contributed by atoms with Crippen LogP contribution >= 0.6 is 12.4 Å². The minimum absolute atomic E-state index is 0. The molecule has 2 N–H and O–H groups in total. The van der Waals surface area contributed by atoms with Crippen LogP contribution in [0.15, 0.2) is 24.3 Å². The van der Waals surface area contributed by atoms with Crippen molar-refractivity contribution in [2.24, 2.45) is 5.73 Å². The number of likely N-dealkylation sites (tertiary alicyclic amines) is 1. The lowest BCUT2D eigenvalue weighted by Gasteiger charge is -2.31. The summed E-state index contributed by atoms with van der Waals surface area (Å²) in [4.78, 5) is 16.3. The number of rotatable bonds is 4. The van der Waals surface area contributed by atoms with Crippen LogP contribution in [0, 0.1) is 6.92 Å². The van der Waals surface area contributed by atoms with Gasteiger partial charge in [-0.25, -0.2) is 0 Å². The minimum atomic E-state index is 0. The predicted octanol–water partition coefficient (Wildman–Crippen LogP) is 1.80. The standard InChI is InChI=1S/C16H25N3O.ClH/c1-13-5-3-4-6-14(13)11-18(2)16(20)12-19-9-7-15(17)8-10-19;/h3-6,15H,7-12,17H2,1-2H3;1H. The fourth-order valence-electron chi connectivity index (χ4n) is 2.55. The van der Waals surface area contributed by atoms with E-state index >= 15 is 0 Å². The Kier molecular flexibility index (Phi) is 7.15. The summed E-state index contributed by atoms with van der Waals surface area (Å²) in [7, 11) is 1.88. The van der Waals surface area contributed by atoms with Crippen LogP contribution in [0.5, 0.6) is 0 Å². The molecule has 5 heteroatoms. The van der Waals surface area contributed by atoms with Crippen LogP contribution in [0.1, 0.15) is 24.0 Å². The number of nitrogens with two attached hydrogens (primary N) is 1. The molecule has 0 spiro atoms. The molecule has 0 aromatic heterocycles. The quantitative estimate of drug-likeness (QED) is 0.922. The molecular weight excluding hydrogens is 286 g/mol. The molecule has 1 fully saturated rings. The van der Waals surface area contributed by atoms with E-state index in [9.17, 15) is 4.79 Å². The van der Waals surface area contributed by atoms with Gasteiger partial charge in [0.1, 0.15) is 0 Å². The maximum absolute atomic E-state index is 12.3. The maximum atomic E-state index is 12.3. The lowest BCUT2D eigenvalue weighted by Crippen LogP contribution is -2.44. The predicted molar refractivity (Wildman–Crippen MR) is 88.6 cm³/mol. The Hall–Kier alpha value is -1.10. The molecule has 0 bridgehead atoms. The van der Waals surface area contributed by atoms with Crippen molar-refractivity contribution in [3.63, 3.8) is 0 Å². The van der Waals surface area contributed by atoms with Gasteiger partial charge in [0.25, 0.3) is 0 Å². The van der Waals surface area contributed by atoms with E-state index in [2.05, 4.69) is 24.0 Å². The topological polar surface area (TPSA) is 49.6 Å². The van der Waals surface area contributed by atoms with Crippen LogP contribution < -0.4 is 5.73 Å². The number of carbonyl (C=O) groups is 1. The Labute approximate surface area is 133 Å². The van der Waals surface area contributed by atoms with E-state index in [4.69, 9.17) is 5.73 Å². The van der Waals surface area contributed by atoms with E-state index in [-0.39, 0.29) is 18.3 Å². The first-order valence-corrected chi connectivity index (χ1v) is 7.32. The fraction of sp³-hybridized carbons (Fsp3) is 0.562. The van der Waals surface area contributed by atoms with Gasteiger partial charge in [0.15, 0.2) is 0 Å². The third-order valence-electron chi connectivity index (χ3n) is 4.09. The summed E-state index contributed by atoms with van der Waals surface area (Å²) in [6.07, 6.45) is 1.99. The van der Waals surface area contributed by atoms with Gasteiger partial charge >= 0.3 is 0 Å². The highest BCUT2D eigenvalue weighted by Crippen LogP contribution is 2.11. The third-order valence-corrected chi connectivity index (χ3v) is 4.09. The molecule has 118 valence electrons. The van der Waals surface area contributed by atoms with Crippen LogP contribution in [-0.2, 0) is 11.3 Å². The zero-order valence-corrected chi connectivity index (χ0v) is 13.7. The SMILES string of the molecule is Cc1ccccc1CN(C)C(=O)CN1CCC(N)CC1.Cl. The second kappa shape index (κ2) is 8.37. The lowest BCUT2D eigenvalue weighted by molar-refractivity contribution is -0.131. The highest BCUT2D eigenvalue weighted by Gasteiger charge is 2.20. The molecule has 0 radical (unpaired) electrons. The highest BCUT2D eigenvalue weighted by molar-refractivity contribution is 5.85. The van der Waals surface area contributed by atoms with Gasteiger partial charge < -0.3 is 10.6 Å². The maximum Gasteiger partial charge on any atom is 0.236 e. The van der Waals surface area contributed by atoms with Gasteiger partial charge in [-0.15, -0.1) is 12.4 Å². The number of hydrogen-bond acceptors (Lipinski definition) is 3. The van der Waals surface area contributed by atoms with Crippen LogP contribution in [0.4, 0.5) is 0 Å². The Balaban J connectivity index is 0.00000220. The van der Waals surface area contributed by atoms with Gasteiger partial charge in [-0.3, -0.25) is 9.69 Å². The molecule has 1 aromatic rings. The monoisotopic (exact) mass is 311 g/mol. The van der Waals surface area contributed by atoms with E-state index in [0.717, 1.165) is 25.9 Å². The van der Waals surface area contributed by atoms with E-state index in [0.29, 0.717) is 19.1 Å². The summed E-state index contributed by atoms with van der Waals surface area (Å²) < 4.78 is 0. The number of piperidine rings is 1. The summed E-state index contributed by atoms with van der Waals surface area (Å²) in [6, 6.07) is 8.52. The second-order valence-electron chi connectivity index (χ2n) is 5.79. The molecule has 2 rings (SSSR count). The van der Waals surface area contributed by atoms with Gasteiger partial charge in [0, 0.05) is 32.7 Å². The van der Waals surface area contributed by atoms with Crippen molar-refractivity contribution in [3.8, 4) is 0 Å². The molecule has 0 unspecified atom stereocenters. The Morgan fingerprint density at radius 3 is 2.57 bits per heavy atom. The Bertz CT molecular complexity index is 459. The molecule has 0 aliphatic carbocycles. The van der Waals surface area contributed by atoms with Crippen molar-refractivity contribution >= 4 is 18.3 Å². The largest absolute Gasteiger partial charge is 0.340 e. The number of carbonyl (C=O) groups excluding carboxylic acids is 1. The molecule has 1 aliphatic rings. The molecule has 1 saturated heterocycles. The van der Waals surface area contributed by atoms with Gasteiger partial charge in [0.2, 0.25) is 5.91 Å². The third kappa shape index (κ3) is 5.30. The molecular formula is C16H26ClN3O. The van der Waals surface area contributed by atoms with E-state index in [1.807, 2.05) is 24.1 Å². The number of aryl methyl sites for hydroxylation is 1. The highest BCUT2D eigenvalue weighted by atomic mass is 35.5. The van der Waals surface area contributed by atoms with Crippen molar-refractivity contribution in [1.82, 2.24) is 9.80 Å². The average molecular weight is 312 g/mol. The first-order valence-electron chi connectivity index (χ1n) is 7.32. The van der Waals surface area contributed by atoms with E-state index < -0.39 is 0 Å². The van der Waals surface area contributed by atoms with Gasteiger partial charge in [-0.05, 0) is 30.9 Å². The fourth-order valence-corrected chi connectivity index (χ4v) is 2.55. The Morgan fingerprint density at radius 2 is 1.95 bits per heavy atom. The molecule has 1 aliphatic heterocycles. The molecule has 1 heterocycles. The molecule has 1 amide bonds. The summed E-state index contributed by atoms with van der Waals surface area (Å²) in [5, 5.41) is 0. The number of nitrogens with zero attached hydrogens (tertiary/aromatic N) is 2. The van der Waals surface area contributed by atoms with Crippen molar-refractivity contribution in [3.05, 3.63) is 35.4 Å². The molecule has 0 atom stereocenters. The van der Waals surface area contributed by atoms with Crippen LogP contribution in [0.3, 0.4) is 0 Å². The summed E-state index contributed by atoms with van der Waals surface area (Å²) >= 11 is 0. The molecule has 21 heavy (non-hydrogen) atoms. The summed E-state index contributed by atoms with van der Waals surface area (Å²) in [5.41, 5.74) is 8.33. The van der Waals surface area contributed by atoms with Gasteiger partial charge in [-0.1, -0.05) is 24.3 Å². The first-order chi connectivity index (χ1) is 9.56. The van der Waals surface area contributed by atoms with Crippen LogP contribution in [0.25, 0.3) is 0 Å². The number of hydrogen-bond donors (Lipinski definition) is 1. The van der Waals surface area contributed by atoms with Crippen molar-refractivity contribution in [2.75, 3.05) is 26.7 Å². The summed E-state index contributed by atoms with van der Waals surface area (Å²) in [6.45, 7) is 5.14. The smallest absolute Gasteiger partial charge is 0.236 e.